The number of carbonyl (C=O) groups is 2. The van der Waals surface area contributed by atoms with Crippen LogP contribution in [0.25, 0.3) is 11.0 Å². The smallest absolute Gasteiger partial charge is 0.257 e. The SMILES string of the molecule is Cc1c(NC(=O)c2cnc3c(c2)c(C)nn3C)cccc1C(N)=O. The topological polar surface area (TPSA) is 103 Å². The average molecular weight is 323 g/mol. The summed E-state index contributed by atoms with van der Waals surface area (Å²) in [6, 6.07) is 6.78. The Morgan fingerprint density at radius 2 is 2.00 bits per heavy atom. The number of pyridine rings is 1. The number of aromatic nitrogens is 3. The predicted molar refractivity (Wildman–Crippen MR) is 90.9 cm³/mol. The van der Waals surface area contributed by atoms with E-state index in [0.717, 1.165) is 16.7 Å². The second-order valence-electron chi connectivity index (χ2n) is 5.60. The molecule has 0 radical (unpaired) electrons. The first-order valence-electron chi connectivity index (χ1n) is 7.38. The number of primary amides is 1. The van der Waals surface area contributed by atoms with Gasteiger partial charge in [-0.2, -0.15) is 5.10 Å². The number of hydrogen-bond donors (Lipinski definition) is 2. The van der Waals surface area contributed by atoms with Crippen LogP contribution in [-0.4, -0.2) is 26.6 Å². The van der Waals surface area contributed by atoms with E-state index in [2.05, 4.69) is 15.4 Å². The van der Waals surface area contributed by atoms with Crippen LogP contribution >= 0.6 is 0 Å². The van der Waals surface area contributed by atoms with Gasteiger partial charge in [-0.3, -0.25) is 14.3 Å². The summed E-state index contributed by atoms with van der Waals surface area (Å²) < 4.78 is 1.67. The van der Waals surface area contributed by atoms with Crippen LogP contribution in [0.4, 0.5) is 5.69 Å². The van der Waals surface area contributed by atoms with Crippen LogP contribution in [0.1, 0.15) is 32.0 Å². The van der Waals surface area contributed by atoms with Gasteiger partial charge in [-0.25, -0.2) is 4.98 Å². The number of amides is 2. The fourth-order valence-electron chi connectivity index (χ4n) is 2.66. The summed E-state index contributed by atoms with van der Waals surface area (Å²) in [6.45, 7) is 3.61. The van der Waals surface area contributed by atoms with Crippen LogP contribution in [-0.2, 0) is 7.05 Å². The number of nitrogens with two attached hydrogens (primary N) is 1. The summed E-state index contributed by atoms with van der Waals surface area (Å²) >= 11 is 0. The largest absolute Gasteiger partial charge is 0.366 e. The molecule has 3 aromatic rings. The third-order valence-electron chi connectivity index (χ3n) is 3.97. The van der Waals surface area contributed by atoms with Gasteiger partial charge < -0.3 is 11.1 Å². The average Bonchev–Trinajstić information content (AvgIpc) is 2.83. The number of nitrogens with one attached hydrogen (secondary N) is 1. The number of benzene rings is 1. The van der Waals surface area contributed by atoms with Gasteiger partial charge in [0.25, 0.3) is 5.91 Å². The van der Waals surface area contributed by atoms with Crippen LogP contribution in [0.5, 0.6) is 0 Å². The summed E-state index contributed by atoms with van der Waals surface area (Å²) in [7, 11) is 1.81. The Hall–Kier alpha value is -3.22. The lowest BCUT2D eigenvalue weighted by atomic mass is 10.1. The zero-order valence-corrected chi connectivity index (χ0v) is 13.6. The molecule has 3 N–H and O–H groups in total. The number of anilines is 1. The molecule has 0 aliphatic heterocycles. The molecule has 2 heterocycles. The lowest BCUT2D eigenvalue weighted by molar-refractivity contribution is 0.0995. The van der Waals surface area contributed by atoms with Crippen molar-refractivity contribution in [1.82, 2.24) is 14.8 Å². The van der Waals surface area contributed by atoms with Gasteiger partial charge in [0.15, 0.2) is 5.65 Å². The molecule has 0 fully saturated rings. The van der Waals surface area contributed by atoms with Crippen molar-refractivity contribution < 1.29 is 9.59 Å². The highest BCUT2D eigenvalue weighted by molar-refractivity contribution is 6.07. The number of nitrogens with zero attached hydrogens (tertiary/aromatic N) is 3. The minimum Gasteiger partial charge on any atom is -0.366 e. The first kappa shape index (κ1) is 15.7. The molecular weight excluding hydrogens is 306 g/mol. The normalized spacial score (nSPS) is 10.8. The molecule has 0 saturated heterocycles. The molecule has 0 atom stereocenters. The third-order valence-corrected chi connectivity index (χ3v) is 3.97. The van der Waals surface area contributed by atoms with Crippen LogP contribution in [0.15, 0.2) is 30.5 Å². The Morgan fingerprint density at radius 1 is 1.25 bits per heavy atom. The minimum absolute atomic E-state index is 0.308. The standard InChI is InChI=1S/C17H17N5O2/c1-9-12(15(18)23)5-4-6-14(9)20-17(24)11-7-13-10(2)21-22(3)16(13)19-8-11/h4-8H,1-3H3,(H2,18,23)(H,20,24). The molecule has 0 aliphatic rings. The second kappa shape index (κ2) is 5.77. The van der Waals surface area contributed by atoms with E-state index in [1.165, 1.54) is 6.20 Å². The molecule has 0 bridgehead atoms. The number of hydrogen-bond acceptors (Lipinski definition) is 4. The molecule has 0 aliphatic carbocycles. The van der Waals surface area contributed by atoms with Gasteiger partial charge in [0.1, 0.15) is 0 Å². The molecule has 0 unspecified atom stereocenters. The summed E-state index contributed by atoms with van der Waals surface area (Å²) in [5, 5.41) is 7.92. The number of rotatable bonds is 3. The van der Waals surface area contributed by atoms with Gasteiger partial charge in [-0.05, 0) is 37.6 Å². The lowest BCUT2D eigenvalue weighted by Gasteiger charge is -2.10. The molecule has 2 amide bonds. The molecular formula is C17H17N5O2. The van der Waals surface area contributed by atoms with Crippen LogP contribution in [0, 0.1) is 13.8 Å². The highest BCUT2D eigenvalue weighted by atomic mass is 16.2. The Morgan fingerprint density at radius 3 is 2.71 bits per heavy atom. The zero-order valence-electron chi connectivity index (χ0n) is 13.6. The quantitative estimate of drug-likeness (QED) is 0.768. The molecule has 24 heavy (non-hydrogen) atoms. The van der Waals surface area contributed by atoms with E-state index >= 15 is 0 Å². The summed E-state index contributed by atoms with van der Waals surface area (Å²) in [5.41, 5.74) is 8.83. The third kappa shape index (κ3) is 2.60. The molecule has 2 aromatic heterocycles. The molecule has 1 aromatic carbocycles. The van der Waals surface area contributed by atoms with E-state index in [1.54, 1.807) is 42.9 Å². The second-order valence-corrected chi connectivity index (χ2v) is 5.60. The van der Waals surface area contributed by atoms with Gasteiger partial charge in [-0.1, -0.05) is 6.07 Å². The van der Waals surface area contributed by atoms with Gasteiger partial charge in [0, 0.05) is 29.9 Å². The van der Waals surface area contributed by atoms with E-state index in [9.17, 15) is 9.59 Å². The van der Waals surface area contributed by atoms with E-state index in [0.29, 0.717) is 22.4 Å². The highest BCUT2D eigenvalue weighted by Gasteiger charge is 2.14. The van der Waals surface area contributed by atoms with E-state index in [4.69, 9.17) is 5.73 Å². The van der Waals surface area contributed by atoms with Crippen molar-refractivity contribution in [2.24, 2.45) is 12.8 Å². The Kier molecular flexibility index (Phi) is 3.76. The van der Waals surface area contributed by atoms with Gasteiger partial charge in [0.2, 0.25) is 5.91 Å². The molecule has 7 nitrogen and oxygen atoms in total. The molecule has 0 spiro atoms. The molecule has 7 heteroatoms. The highest BCUT2D eigenvalue weighted by Crippen LogP contribution is 2.21. The maximum Gasteiger partial charge on any atom is 0.257 e. The fourth-order valence-corrected chi connectivity index (χ4v) is 2.66. The molecule has 122 valence electrons. The monoisotopic (exact) mass is 323 g/mol. The first-order chi connectivity index (χ1) is 11.4. The number of fused-ring (bicyclic) bond motifs is 1. The Bertz CT molecular complexity index is 975. The van der Waals surface area contributed by atoms with Crippen molar-refractivity contribution in [3.8, 4) is 0 Å². The number of aryl methyl sites for hydroxylation is 2. The summed E-state index contributed by atoms with van der Waals surface area (Å²) in [5.74, 6) is -0.838. The van der Waals surface area contributed by atoms with Crippen molar-refractivity contribution in [2.45, 2.75) is 13.8 Å². The lowest BCUT2D eigenvalue weighted by Crippen LogP contribution is -2.17. The first-order valence-corrected chi connectivity index (χ1v) is 7.38. The molecule has 0 saturated carbocycles. The van der Waals surface area contributed by atoms with Crippen molar-refractivity contribution in [3.05, 3.63) is 52.8 Å². The fraction of sp³-hybridized carbons (Fsp3) is 0.176. The zero-order chi connectivity index (χ0) is 17.4. The van der Waals surface area contributed by atoms with Gasteiger partial charge in [-0.15, -0.1) is 0 Å². The van der Waals surface area contributed by atoms with Crippen molar-refractivity contribution in [1.29, 1.82) is 0 Å². The van der Waals surface area contributed by atoms with Crippen molar-refractivity contribution in [2.75, 3.05) is 5.32 Å². The minimum atomic E-state index is -0.530. The van der Waals surface area contributed by atoms with Crippen LogP contribution in [0.2, 0.25) is 0 Å². The Balaban J connectivity index is 1.95. The van der Waals surface area contributed by atoms with Crippen LogP contribution < -0.4 is 11.1 Å². The Labute approximate surface area is 138 Å². The van der Waals surface area contributed by atoms with E-state index in [1.807, 2.05) is 6.92 Å². The van der Waals surface area contributed by atoms with E-state index in [-0.39, 0.29) is 5.91 Å². The predicted octanol–water partition coefficient (Wildman–Crippen LogP) is 1.94. The summed E-state index contributed by atoms with van der Waals surface area (Å²) in [4.78, 5) is 28.2. The maximum atomic E-state index is 12.5. The van der Waals surface area contributed by atoms with Gasteiger partial charge >= 0.3 is 0 Å². The van der Waals surface area contributed by atoms with Crippen molar-refractivity contribution in [3.63, 3.8) is 0 Å². The molecule has 3 rings (SSSR count). The van der Waals surface area contributed by atoms with E-state index < -0.39 is 5.91 Å². The van der Waals surface area contributed by atoms with Crippen LogP contribution in [0.3, 0.4) is 0 Å². The van der Waals surface area contributed by atoms with Crippen molar-refractivity contribution >= 4 is 28.5 Å². The summed E-state index contributed by atoms with van der Waals surface area (Å²) in [6.07, 6.45) is 1.51. The van der Waals surface area contributed by atoms with Gasteiger partial charge in [0.05, 0.1) is 11.3 Å². The maximum absolute atomic E-state index is 12.5. The number of carbonyl (C=O) groups excluding carboxylic acids is 2.